The number of allylic oxidation sites excluding steroid dienone is 1. The summed E-state index contributed by atoms with van der Waals surface area (Å²) in [5.41, 5.74) is 1.07. The van der Waals surface area contributed by atoms with Crippen molar-refractivity contribution < 1.29 is 0 Å². The van der Waals surface area contributed by atoms with Crippen molar-refractivity contribution in [2.24, 2.45) is 4.99 Å². The van der Waals surface area contributed by atoms with Gasteiger partial charge in [-0.25, -0.2) is 0 Å². The zero-order valence-corrected chi connectivity index (χ0v) is 8.63. The van der Waals surface area contributed by atoms with Gasteiger partial charge in [0.25, 0.3) is 0 Å². The Morgan fingerprint density at radius 2 is 2.50 bits per heavy atom. The van der Waals surface area contributed by atoms with E-state index in [1.54, 1.807) is 11.8 Å². The Labute approximate surface area is 87.8 Å². The van der Waals surface area contributed by atoms with Crippen molar-refractivity contribution in [3.8, 4) is 0 Å². The molecule has 0 spiro atoms. The fraction of sp³-hybridized carbons (Fsp3) is 0.182. The number of hydrogen-bond acceptors (Lipinski definition) is 2. The summed E-state index contributed by atoms with van der Waals surface area (Å²) < 4.78 is 0. The number of H-pyrrole nitrogens is 1. The number of rotatable bonds is 3. The first-order chi connectivity index (χ1) is 6.88. The average Bonchev–Trinajstić information content (AvgIpc) is 2.67. The lowest BCUT2D eigenvalue weighted by Crippen LogP contribution is -2.04. The van der Waals surface area contributed by atoms with Crippen LogP contribution in [-0.2, 0) is 0 Å². The highest BCUT2D eigenvalue weighted by molar-refractivity contribution is 8.00. The van der Waals surface area contributed by atoms with Gasteiger partial charge >= 0.3 is 0 Å². The highest BCUT2D eigenvalue weighted by atomic mass is 32.2. The summed E-state index contributed by atoms with van der Waals surface area (Å²) in [6.45, 7) is 3.71. The van der Waals surface area contributed by atoms with Crippen LogP contribution in [0, 0.1) is 0 Å². The topological polar surface area (TPSA) is 28.1 Å². The summed E-state index contributed by atoms with van der Waals surface area (Å²) in [6.07, 6.45) is 8.80. The fourth-order valence-electron chi connectivity index (χ4n) is 1.28. The van der Waals surface area contributed by atoms with Crippen LogP contribution in [0.15, 0.2) is 41.0 Å². The molecule has 3 heteroatoms. The van der Waals surface area contributed by atoms with E-state index in [0.29, 0.717) is 5.25 Å². The summed E-state index contributed by atoms with van der Waals surface area (Å²) in [5.74, 6) is 0. The number of aromatic amines is 1. The summed E-state index contributed by atoms with van der Waals surface area (Å²) in [6, 6.07) is 4.11. The van der Waals surface area contributed by atoms with Crippen molar-refractivity contribution in [2.45, 2.75) is 16.7 Å². The van der Waals surface area contributed by atoms with Gasteiger partial charge in [0.2, 0.25) is 0 Å². The van der Waals surface area contributed by atoms with Crippen LogP contribution in [0.25, 0.3) is 6.08 Å². The standard InChI is InChI=1S/C11H12N2S/c1-2-9-5-6-11(13-9)14-10-4-3-7-12-8-10/h2-3,5-8,10,13H,1,4H2. The van der Waals surface area contributed by atoms with E-state index in [-0.39, 0.29) is 0 Å². The number of nitrogens with zero attached hydrogens (tertiary/aromatic N) is 1. The molecule has 1 aliphatic heterocycles. The number of thioether (sulfide) groups is 1. The molecule has 0 saturated heterocycles. The lowest BCUT2D eigenvalue weighted by molar-refractivity contribution is 1.08. The average molecular weight is 204 g/mol. The SMILES string of the molecule is C=Cc1ccc(SC2C=NC=CC2)[nH]1. The molecule has 0 radical (unpaired) electrons. The van der Waals surface area contributed by atoms with Crippen molar-refractivity contribution in [1.82, 2.24) is 4.98 Å². The monoisotopic (exact) mass is 204 g/mol. The first-order valence-corrected chi connectivity index (χ1v) is 5.43. The molecule has 1 aromatic rings. The van der Waals surface area contributed by atoms with E-state index < -0.39 is 0 Å². The quantitative estimate of drug-likeness (QED) is 0.805. The van der Waals surface area contributed by atoms with Gasteiger partial charge in [-0.05, 0) is 24.6 Å². The van der Waals surface area contributed by atoms with Gasteiger partial charge in [0.05, 0.1) is 5.03 Å². The smallest absolute Gasteiger partial charge is 0.0732 e. The summed E-state index contributed by atoms with van der Waals surface area (Å²) in [4.78, 5) is 7.39. The van der Waals surface area contributed by atoms with Crippen LogP contribution in [-0.4, -0.2) is 16.4 Å². The molecule has 0 bridgehead atoms. The van der Waals surface area contributed by atoms with Gasteiger partial charge in [-0.2, -0.15) is 0 Å². The molecule has 1 atom stereocenters. The van der Waals surface area contributed by atoms with Gasteiger partial charge in [-0.15, -0.1) is 0 Å². The van der Waals surface area contributed by atoms with E-state index in [2.05, 4.69) is 28.7 Å². The van der Waals surface area contributed by atoms with E-state index in [1.165, 1.54) is 5.03 Å². The minimum absolute atomic E-state index is 0.455. The van der Waals surface area contributed by atoms with Gasteiger partial charge in [0.15, 0.2) is 0 Å². The highest BCUT2D eigenvalue weighted by Gasteiger charge is 2.08. The Bertz CT molecular complexity index is 376. The van der Waals surface area contributed by atoms with Gasteiger partial charge in [0.1, 0.15) is 0 Å². The largest absolute Gasteiger partial charge is 0.350 e. The van der Waals surface area contributed by atoms with Crippen LogP contribution < -0.4 is 0 Å². The lowest BCUT2D eigenvalue weighted by atomic mass is 10.3. The zero-order valence-electron chi connectivity index (χ0n) is 7.81. The Morgan fingerprint density at radius 3 is 3.14 bits per heavy atom. The molecule has 0 aliphatic carbocycles. The third kappa shape index (κ3) is 2.17. The van der Waals surface area contributed by atoms with E-state index in [0.717, 1.165) is 12.1 Å². The Hall–Kier alpha value is -1.22. The van der Waals surface area contributed by atoms with Crippen molar-refractivity contribution >= 4 is 24.1 Å². The summed E-state index contributed by atoms with van der Waals surface area (Å²) >= 11 is 1.80. The molecule has 1 aliphatic rings. The molecule has 0 fully saturated rings. The van der Waals surface area contributed by atoms with Crippen LogP contribution in [0.1, 0.15) is 12.1 Å². The van der Waals surface area contributed by atoms with E-state index in [1.807, 2.05) is 24.6 Å². The Morgan fingerprint density at radius 1 is 1.57 bits per heavy atom. The minimum atomic E-state index is 0.455. The maximum Gasteiger partial charge on any atom is 0.0732 e. The van der Waals surface area contributed by atoms with E-state index in [9.17, 15) is 0 Å². The molecular formula is C11H12N2S. The van der Waals surface area contributed by atoms with Gasteiger partial charge in [-0.1, -0.05) is 24.4 Å². The van der Waals surface area contributed by atoms with Crippen LogP contribution in [0.2, 0.25) is 0 Å². The van der Waals surface area contributed by atoms with Crippen LogP contribution in [0.5, 0.6) is 0 Å². The summed E-state index contributed by atoms with van der Waals surface area (Å²) in [5, 5.41) is 1.63. The maximum atomic E-state index is 4.12. The first kappa shape index (κ1) is 9.34. The maximum absolute atomic E-state index is 4.12. The molecule has 2 nitrogen and oxygen atoms in total. The predicted octanol–water partition coefficient (Wildman–Crippen LogP) is 3.11. The van der Waals surface area contributed by atoms with Gasteiger partial charge < -0.3 is 4.98 Å². The molecular weight excluding hydrogens is 192 g/mol. The molecule has 2 rings (SSSR count). The highest BCUT2D eigenvalue weighted by Crippen LogP contribution is 2.25. The molecule has 1 N–H and O–H groups in total. The number of hydrogen-bond donors (Lipinski definition) is 1. The van der Waals surface area contributed by atoms with Gasteiger partial charge in [0, 0.05) is 23.4 Å². The van der Waals surface area contributed by atoms with Crippen LogP contribution in [0.4, 0.5) is 0 Å². The summed E-state index contributed by atoms with van der Waals surface area (Å²) in [7, 11) is 0. The second kappa shape index (κ2) is 4.33. The van der Waals surface area contributed by atoms with Crippen molar-refractivity contribution in [3.05, 3.63) is 36.7 Å². The second-order valence-electron chi connectivity index (χ2n) is 3.06. The first-order valence-electron chi connectivity index (χ1n) is 4.55. The molecule has 1 aromatic heterocycles. The van der Waals surface area contributed by atoms with E-state index in [4.69, 9.17) is 0 Å². The van der Waals surface area contributed by atoms with E-state index >= 15 is 0 Å². The third-order valence-electron chi connectivity index (χ3n) is 1.99. The molecule has 0 aromatic carbocycles. The normalized spacial score (nSPS) is 19.9. The van der Waals surface area contributed by atoms with Crippen molar-refractivity contribution in [3.63, 3.8) is 0 Å². The Kier molecular flexibility index (Phi) is 2.89. The molecule has 0 amide bonds. The third-order valence-corrected chi connectivity index (χ3v) is 3.10. The fourth-order valence-corrected chi connectivity index (χ4v) is 2.27. The Balaban J connectivity index is 2.00. The molecule has 72 valence electrons. The lowest BCUT2D eigenvalue weighted by Gasteiger charge is -2.09. The molecule has 2 heterocycles. The van der Waals surface area contributed by atoms with Crippen LogP contribution >= 0.6 is 11.8 Å². The number of aromatic nitrogens is 1. The van der Waals surface area contributed by atoms with Crippen molar-refractivity contribution in [1.29, 1.82) is 0 Å². The molecule has 1 unspecified atom stereocenters. The number of nitrogens with one attached hydrogen (secondary N) is 1. The molecule has 14 heavy (non-hydrogen) atoms. The predicted molar refractivity (Wildman–Crippen MR) is 62.8 cm³/mol. The second-order valence-corrected chi connectivity index (χ2v) is 4.34. The zero-order chi connectivity index (χ0) is 9.80. The molecule has 0 saturated carbocycles. The van der Waals surface area contributed by atoms with Gasteiger partial charge in [-0.3, -0.25) is 4.99 Å². The van der Waals surface area contributed by atoms with Crippen molar-refractivity contribution in [2.75, 3.05) is 0 Å². The number of aliphatic imine (C=N–C) groups is 1. The van der Waals surface area contributed by atoms with Crippen LogP contribution in [0.3, 0.4) is 0 Å². The minimum Gasteiger partial charge on any atom is -0.350 e.